The van der Waals surface area contributed by atoms with Crippen LogP contribution >= 0.6 is 11.6 Å². The second-order valence-corrected chi connectivity index (χ2v) is 6.55. The third-order valence-corrected chi connectivity index (χ3v) is 4.72. The number of benzene rings is 1. The van der Waals surface area contributed by atoms with Crippen molar-refractivity contribution >= 4 is 28.8 Å². The van der Waals surface area contributed by atoms with Crippen molar-refractivity contribution in [1.29, 1.82) is 0 Å². The fraction of sp³-hybridized carbons (Fsp3) is 0.353. The monoisotopic (exact) mass is 342 g/mol. The molecule has 0 saturated carbocycles. The quantitative estimate of drug-likeness (QED) is 0.716. The lowest BCUT2D eigenvalue weighted by Crippen LogP contribution is -2.47. The summed E-state index contributed by atoms with van der Waals surface area (Å²) in [6, 6.07) is 9.96. The highest BCUT2D eigenvalue weighted by Gasteiger charge is 2.21. The van der Waals surface area contributed by atoms with E-state index in [1.165, 1.54) is 5.69 Å². The molecule has 6 nitrogen and oxygen atoms in total. The van der Waals surface area contributed by atoms with E-state index in [9.17, 15) is 0 Å². The standard InChI is InChI=1S/C17H19ClN6/c1-12-11-16-19-20-17(13(2)24(16)21-12)23-9-7-22(8-10-23)15-5-3-14(18)4-6-15/h3-6,11H,7-10H2,1-2H3. The van der Waals surface area contributed by atoms with Gasteiger partial charge in [-0.3, -0.25) is 0 Å². The summed E-state index contributed by atoms with van der Waals surface area (Å²) >= 11 is 5.97. The largest absolute Gasteiger partial charge is 0.368 e. The zero-order chi connectivity index (χ0) is 16.7. The molecular formula is C17H19ClN6. The van der Waals surface area contributed by atoms with Crippen molar-refractivity contribution in [2.45, 2.75) is 13.8 Å². The molecular weight excluding hydrogens is 324 g/mol. The van der Waals surface area contributed by atoms with Crippen molar-refractivity contribution in [2.24, 2.45) is 0 Å². The first-order chi connectivity index (χ1) is 11.6. The van der Waals surface area contributed by atoms with E-state index in [-0.39, 0.29) is 0 Å². The van der Waals surface area contributed by atoms with Crippen molar-refractivity contribution in [2.75, 3.05) is 36.0 Å². The fourth-order valence-corrected chi connectivity index (χ4v) is 3.32. The summed E-state index contributed by atoms with van der Waals surface area (Å²) in [5.41, 5.74) is 4.00. The minimum absolute atomic E-state index is 0.770. The van der Waals surface area contributed by atoms with Crippen molar-refractivity contribution in [1.82, 2.24) is 19.8 Å². The summed E-state index contributed by atoms with van der Waals surface area (Å²) in [5, 5.41) is 14.0. The average Bonchev–Trinajstić information content (AvgIpc) is 2.98. The molecule has 4 rings (SSSR count). The molecule has 2 aromatic heterocycles. The second-order valence-electron chi connectivity index (χ2n) is 6.12. The molecule has 7 heteroatoms. The van der Waals surface area contributed by atoms with Gasteiger partial charge in [0.05, 0.1) is 11.4 Å². The number of piperazine rings is 1. The van der Waals surface area contributed by atoms with Gasteiger partial charge in [0, 0.05) is 43.0 Å². The van der Waals surface area contributed by atoms with Crippen LogP contribution in [0.3, 0.4) is 0 Å². The molecule has 1 aromatic carbocycles. The number of halogens is 1. The Kier molecular flexibility index (Phi) is 3.76. The first-order valence-corrected chi connectivity index (χ1v) is 8.45. The lowest BCUT2D eigenvalue weighted by atomic mass is 10.2. The minimum atomic E-state index is 0.770. The van der Waals surface area contributed by atoms with Crippen LogP contribution < -0.4 is 9.80 Å². The first kappa shape index (κ1) is 15.2. The van der Waals surface area contributed by atoms with Gasteiger partial charge in [-0.1, -0.05) is 11.6 Å². The molecule has 0 spiro atoms. The van der Waals surface area contributed by atoms with E-state index in [0.29, 0.717) is 0 Å². The number of anilines is 2. The predicted octanol–water partition coefficient (Wildman–Crippen LogP) is 2.72. The molecule has 0 amide bonds. The third-order valence-electron chi connectivity index (χ3n) is 4.47. The molecule has 3 aromatic rings. The second kappa shape index (κ2) is 5.94. The van der Waals surface area contributed by atoms with E-state index in [1.54, 1.807) is 0 Å². The predicted molar refractivity (Wildman–Crippen MR) is 96.1 cm³/mol. The third kappa shape index (κ3) is 2.67. The Morgan fingerprint density at radius 2 is 1.58 bits per heavy atom. The fourth-order valence-electron chi connectivity index (χ4n) is 3.19. The Labute approximate surface area is 145 Å². The molecule has 0 atom stereocenters. The van der Waals surface area contributed by atoms with E-state index in [0.717, 1.165) is 54.1 Å². The van der Waals surface area contributed by atoms with Crippen LogP contribution in [0.15, 0.2) is 30.3 Å². The summed E-state index contributed by atoms with van der Waals surface area (Å²) in [5.74, 6) is 0.918. The van der Waals surface area contributed by atoms with Gasteiger partial charge < -0.3 is 9.80 Å². The van der Waals surface area contributed by atoms with Gasteiger partial charge in [0.15, 0.2) is 11.5 Å². The molecule has 0 aliphatic carbocycles. The molecule has 3 heterocycles. The van der Waals surface area contributed by atoms with E-state index < -0.39 is 0 Å². The van der Waals surface area contributed by atoms with Gasteiger partial charge in [-0.15, -0.1) is 10.2 Å². The maximum Gasteiger partial charge on any atom is 0.177 e. The Balaban J connectivity index is 1.53. The van der Waals surface area contributed by atoms with Crippen LogP contribution in [0.25, 0.3) is 5.65 Å². The Bertz CT molecular complexity index is 865. The van der Waals surface area contributed by atoms with Gasteiger partial charge in [-0.25, -0.2) is 4.52 Å². The van der Waals surface area contributed by atoms with Crippen LogP contribution in [-0.4, -0.2) is 46.0 Å². The van der Waals surface area contributed by atoms with Crippen LogP contribution in [0.2, 0.25) is 5.02 Å². The van der Waals surface area contributed by atoms with E-state index in [2.05, 4.69) is 44.2 Å². The van der Waals surface area contributed by atoms with Crippen molar-refractivity contribution in [3.8, 4) is 0 Å². The van der Waals surface area contributed by atoms with E-state index >= 15 is 0 Å². The highest BCUT2D eigenvalue weighted by Crippen LogP contribution is 2.23. The van der Waals surface area contributed by atoms with Gasteiger partial charge in [0.1, 0.15) is 0 Å². The number of nitrogens with zero attached hydrogens (tertiary/aromatic N) is 6. The number of fused-ring (bicyclic) bond motifs is 1. The van der Waals surface area contributed by atoms with Gasteiger partial charge in [-0.2, -0.15) is 5.10 Å². The zero-order valence-corrected chi connectivity index (χ0v) is 14.5. The molecule has 1 aliphatic rings. The average molecular weight is 343 g/mol. The van der Waals surface area contributed by atoms with Crippen LogP contribution in [0.5, 0.6) is 0 Å². The lowest BCUT2D eigenvalue weighted by molar-refractivity contribution is 0.636. The number of rotatable bonds is 2. The Morgan fingerprint density at radius 1 is 0.917 bits per heavy atom. The van der Waals surface area contributed by atoms with Gasteiger partial charge in [0.25, 0.3) is 0 Å². The van der Waals surface area contributed by atoms with E-state index in [4.69, 9.17) is 11.6 Å². The van der Waals surface area contributed by atoms with Crippen molar-refractivity contribution in [3.63, 3.8) is 0 Å². The Hall–Kier alpha value is -2.34. The highest BCUT2D eigenvalue weighted by atomic mass is 35.5. The van der Waals surface area contributed by atoms with Gasteiger partial charge >= 0.3 is 0 Å². The normalized spacial score (nSPS) is 15.3. The molecule has 1 aliphatic heterocycles. The molecule has 124 valence electrons. The highest BCUT2D eigenvalue weighted by molar-refractivity contribution is 6.30. The molecule has 0 unspecified atom stereocenters. The summed E-state index contributed by atoms with van der Waals surface area (Å²) < 4.78 is 1.88. The maximum atomic E-state index is 5.97. The summed E-state index contributed by atoms with van der Waals surface area (Å²) in [6.07, 6.45) is 0. The summed E-state index contributed by atoms with van der Waals surface area (Å²) in [7, 11) is 0. The molecule has 1 saturated heterocycles. The van der Waals surface area contributed by atoms with Crippen LogP contribution in [-0.2, 0) is 0 Å². The van der Waals surface area contributed by atoms with Crippen molar-refractivity contribution in [3.05, 3.63) is 46.7 Å². The maximum absolute atomic E-state index is 5.97. The molecule has 0 radical (unpaired) electrons. The Morgan fingerprint density at radius 3 is 2.29 bits per heavy atom. The topological polar surface area (TPSA) is 49.6 Å². The number of aromatic nitrogens is 4. The zero-order valence-electron chi connectivity index (χ0n) is 13.8. The van der Waals surface area contributed by atoms with Gasteiger partial charge in [0.2, 0.25) is 0 Å². The number of aryl methyl sites for hydroxylation is 2. The summed E-state index contributed by atoms with van der Waals surface area (Å²) in [4.78, 5) is 4.65. The van der Waals surface area contributed by atoms with Crippen LogP contribution in [0.1, 0.15) is 11.4 Å². The molecule has 1 fully saturated rings. The summed E-state index contributed by atoms with van der Waals surface area (Å²) in [6.45, 7) is 7.72. The number of hydrogen-bond acceptors (Lipinski definition) is 5. The SMILES string of the molecule is Cc1cc2nnc(N3CCN(c4ccc(Cl)cc4)CC3)c(C)n2n1. The van der Waals surface area contributed by atoms with E-state index in [1.807, 2.05) is 29.6 Å². The minimum Gasteiger partial charge on any atom is -0.368 e. The number of hydrogen-bond donors (Lipinski definition) is 0. The van der Waals surface area contributed by atoms with Gasteiger partial charge in [-0.05, 0) is 38.1 Å². The lowest BCUT2D eigenvalue weighted by Gasteiger charge is -2.36. The van der Waals surface area contributed by atoms with Crippen LogP contribution in [0.4, 0.5) is 11.5 Å². The van der Waals surface area contributed by atoms with Crippen LogP contribution in [0, 0.1) is 13.8 Å². The molecule has 0 N–H and O–H groups in total. The van der Waals surface area contributed by atoms with Crippen molar-refractivity contribution < 1.29 is 0 Å². The smallest absolute Gasteiger partial charge is 0.177 e. The first-order valence-electron chi connectivity index (χ1n) is 8.07. The molecule has 0 bridgehead atoms. The molecule has 24 heavy (non-hydrogen) atoms.